The minimum Gasteiger partial charge on any atom is -0.398 e. The highest BCUT2D eigenvalue weighted by Gasteiger charge is 2.24. The maximum atomic E-state index is 11.8. The molecule has 0 bridgehead atoms. The van der Waals surface area contributed by atoms with Gasteiger partial charge in [-0.15, -0.1) is 0 Å². The van der Waals surface area contributed by atoms with Gasteiger partial charge in [0.15, 0.2) is 0 Å². The van der Waals surface area contributed by atoms with E-state index in [1.54, 1.807) is 6.07 Å². The first-order chi connectivity index (χ1) is 6.66. The van der Waals surface area contributed by atoms with Gasteiger partial charge in [0.25, 0.3) is 0 Å². The zero-order valence-corrected chi connectivity index (χ0v) is 10.1. The van der Waals surface area contributed by atoms with E-state index in [2.05, 4.69) is 15.9 Å². The van der Waals surface area contributed by atoms with E-state index < -0.39 is 10.8 Å². The van der Waals surface area contributed by atoms with E-state index in [0.717, 1.165) is 15.1 Å². The molecular weight excluding hydrogens is 262 g/mol. The first-order valence-corrected chi connectivity index (χ1v) is 6.71. The second-order valence-corrected chi connectivity index (χ2v) is 6.02. The van der Waals surface area contributed by atoms with Gasteiger partial charge in [-0.05, 0) is 37.0 Å². The van der Waals surface area contributed by atoms with Crippen molar-refractivity contribution in [3.05, 3.63) is 22.7 Å². The zero-order valence-electron chi connectivity index (χ0n) is 7.70. The molecule has 1 aliphatic carbocycles. The van der Waals surface area contributed by atoms with Gasteiger partial charge in [-0.3, -0.25) is 4.21 Å². The lowest BCUT2D eigenvalue weighted by atomic mass is 10.3. The summed E-state index contributed by atoms with van der Waals surface area (Å²) < 4.78 is 12.8. The summed E-state index contributed by atoms with van der Waals surface area (Å²) in [5.74, 6) is 1.44. The summed E-state index contributed by atoms with van der Waals surface area (Å²) in [6.45, 7) is 0. The Morgan fingerprint density at radius 2 is 2.21 bits per heavy atom. The molecule has 1 aliphatic rings. The van der Waals surface area contributed by atoms with Gasteiger partial charge in [-0.1, -0.05) is 15.9 Å². The van der Waals surface area contributed by atoms with Crippen LogP contribution in [0.4, 0.5) is 5.69 Å². The van der Waals surface area contributed by atoms with E-state index in [4.69, 9.17) is 5.73 Å². The second kappa shape index (κ2) is 4.03. The molecule has 0 heterocycles. The maximum absolute atomic E-state index is 11.8. The van der Waals surface area contributed by atoms with Crippen molar-refractivity contribution in [3.8, 4) is 0 Å². The van der Waals surface area contributed by atoms with Crippen molar-refractivity contribution < 1.29 is 4.21 Å². The van der Waals surface area contributed by atoms with Crippen molar-refractivity contribution in [2.24, 2.45) is 5.92 Å². The Hall–Kier alpha value is -0.350. The molecule has 1 aromatic rings. The molecule has 0 radical (unpaired) electrons. The van der Waals surface area contributed by atoms with Gasteiger partial charge in [0.05, 0.1) is 15.7 Å². The Labute approximate surface area is 94.5 Å². The van der Waals surface area contributed by atoms with Crippen LogP contribution in [-0.2, 0) is 10.8 Å². The van der Waals surface area contributed by atoms with Gasteiger partial charge in [-0.25, -0.2) is 0 Å². The average Bonchev–Trinajstić information content (AvgIpc) is 2.87. The van der Waals surface area contributed by atoms with Crippen molar-refractivity contribution in [2.75, 3.05) is 11.5 Å². The van der Waals surface area contributed by atoms with E-state index in [1.165, 1.54) is 12.8 Å². The number of rotatable bonds is 3. The lowest BCUT2D eigenvalue weighted by molar-refractivity contribution is 0.680. The second-order valence-electron chi connectivity index (χ2n) is 3.64. The van der Waals surface area contributed by atoms with Crippen LogP contribution < -0.4 is 5.73 Å². The Balaban J connectivity index is 2.17. The molecule has 1 fully saturated rings. The molecule has 0 spiro atoms. The van der Waals surface area contributed by atoms with Crippen molar-refractivity contribution in [3.63, 3.8) is 0 Å². The Kier molecular flexibility index (Phi) is 2.93. The largest absolute Gasteiger partial charge is 0.398 e. The normalized spacial score (nSPS) is 18.1. The Bertz CT molecular complexity index is 376. The Morgan fingerprint density at radius 3 is 2.79 bits per heavy atom. The van der Waals surface area contributed by atoms with Crippen LogP contribution in [-0.4, -0.2) is 9.96 Å². The van der Waals surface area contributed by atoms with Crippen LogP contribution in [0.3, 0.4) is 0 Å². The van der Waals surface area contributed by atoms with E-state index in [1.807, 2.05) is 12.1 Å². The Morgan fingerprint density at radius 1 is 1.50 bits per heavy atom. The standard InChI is InChI=1S/C10H12BrNOS/c11-8-3-4-10(9(12)5-8)14(13)6-7-1-2-7/h3-5,7H,1-2,6,12H2. The number of anilines is 1. The molecule has 0 saturated heterocycles. The molecule has 2 nitrogen and oxygen atoms in total. The van der Waals surface area contributed by atoms with Gasteiger partial charge >= 0.3 is 0 Å². The molecule has 4 heteroatoms. The highest BCUT2D eigenvalue weighted by atomic mass is 79.9. The molecule has 1 aromatic carbocycles. The molecule has 14 heavy (non-hydrogen) atoms. The van der Waals surface area contributed by atoms with Crippen LogP contribution in [0.2, 0.25) is 0 Å². The fourth-order valence-corrected chi connectivity index (χ4v) is 3.18. The highest BCUT2D eigenvalue weighted by molar-refractivity contribution is 9.10. The summed E-state index contributed by atoms with van der Waals surface area (Å²) in [4.78, 5) is 0.778. The summed E-state index contributed by atoms with van der Waals surface area (Å²) in [6, 6.07) is 5.54. The minimum atomic E-state index is -0.917. The zero-order chi connectivity index (χ0) is 10.1. The molecule has 0 aromatic heterocycles. The fourth-order valence-electron chi connectivity index (χ4n) is 1.32. The van der Waals surface area contributed by atoms with Gasteiger partial charge < -0.3 is 5.73 Å². The predicted molar refractivity (Wildman–Crippen MR) is 62.6 cm³/mol. The molecule has 2 rings (SSSR count). The number of nitrogens with two attached hydrogens (primary N) is 1. The fraction of sp³-hybridized carbons (Fsp3) is 0.400. The first kappa shape index (κ1) is 10.2. The number of hydrogen-bond donors (Lipinski definition) is 1. The minimum absolute atomic E-state index is 0.623. The van der Waals surface area contributed by atoms with Crippen LogP contribution in [0.5, 0.6) is 0 Å². The molecule has 0 aliphatic heterocycles. The molecule has 2 N–H and O–H groups in total. The summed E-state index contributed by atoms with van der Waals surface area (Å²) in [7, 11) is -0.917. The van der Waals surface area contributed by atoms with E-state index >= 15 is 0 Å². The lowest BCUT2D eigenvalue weighted by Gasteiger charge is -2.05. The monoisotopic (exact) mass is 273 g/mol. The number of halogens is 1. The van der Waals surface area contributed by atoms with Crippen molar-refractivity contribution >= 4 is 32.4 Å². The summed E-state index contributed by atoms with van der Waals surface area (Å²) in [5.41, 5.74) is 6.42. The van der Waals surface area contributed by atoms with Crippen LogP contribution in [0.15, 0.2) is 27.6 Å². The molecular formula is C10H12BrNOS. The summed E-state index contributed by atoms with van der Waals surface area (Å²) >= 11 is 3.33. The smallest absolute Gasteiger partial charge is 0.0618 e. The number of benzene rings is 1. The van der Waals surface area contributed by atoms with Crippen LogP contribution in [0.1, 0.15) is 12.8 Å². The van der Waals surface area contributed by atoms with E-state index in [-0.39, 0.29) is 0 Å². The van der Waals surface area contributed by atoms with Crippen LogP contribution in [0.25, 0.3) is 0 Å². The molecule has 1 atom stereocenters. The summed E-state index contributed by atoms with van der Waals surface area (Å²) in [5, 5.41) is 0. The SMILES string of the molecule is Nc1cc(Br)ccc1S(=O)CC1CC1. The predicted octanol–water partition coefficient (Wildman–Crippen LogP) is 2.55. The lowest BCUT2D eigenvalue weighted by Crippen LogP contribution is -2.03. The average molecular weight is 274 g/mol. The molecule has 0 amide bonds. The van der Waals surface area contributed by atoms with Gasteiger partial charge in [0, 0.05) is 15.9 Å². The molecule has 1 unspecified atom stereocenters. The molecule has 1 saturated carbocycles. The van der Waals surface area contributed by atoms with Crippen molar-refractivity contribution in [1.29, 1.82) is 0 Å². The quantitative estimate of drug-likeness (QED) is 0.861. The van der Waals surface area contributed by atoms with Gasteiger partial charge in [0.2, 0.25) is 0 Å². The molecule has 76 valence electrons. The maximum Gasteiger partial charge on any atom is 0.0618 e. The number of hydrogen-bond acceptors (Lipinski definition) is 2. The topological polar surface area (TPSA) is 43.1 Å². The van der Waals surface area contributed by atoms with E-state index in [9.17, 15) is 4.21 Å². The van der Waals surface area contributed by atoms with Crippen LogP contribution >= 0.6 is 15.9 Å². The van der Waals surface area contributed by atoms with Gasteiger partial charge in [0.1, 0.15) is 0 Å². The van der Waals surface area contributed by atoms with E-state index in [0.29, 0.717) is 11.6 Å². The third-order valence-corrected chi connectivity index (χ3v) is 4.43. The number of nitrogen functional groups attached to an aromatic ring is 1. The highest BCUT2D eigenvalue weighted by Crippen LogP contribution is 2.32. The third kappa shape index (κ3) is 2.36. The first-order valence-electron chi connectivity index (χ1n) is 4.60. The third-order valence-electron chi connectivity index (χ3n) is 2.30. The van der Waals surface area contributed by atoms with Crippen LogP contribution in [0, 0.1) is 5.92 Å². The van der Waals surface area contributed by atoms with Crippen molar-refractivity contribution in [2.45, 2.75) is 17.7 Å². The van der Waals surface area contributed by atoms with Crippen molar-refractivity contribution in [1.82, 2.24) is 0 Å². The van der Waals surface area contributed by atoms with Gasteiger partial charge in [-0.2, -0.15) is 0 Å². The summed E-state index contributed by atoms with van der Waals surface area (Å²) in [6.07, 6.45) is 2.45.